The largest absolute Gasteiger partial charge is 0.463 e. The van der Waals surface area contributed by atoms with E-state index in [0.717, 1.165) is 11.5 Å². The van der Waals surface area contributed by atoms with Crippen LogP contribution in [0.4, 0.5) is 4.79 Å². The molecule has 2 atom stereocenters. The molecule has 26 heavy (non-hydrogen) atoms. The molecule has 1 aliphatic carbocycles. The zero-order valence-electron chi connectivity index (χ0n) is 15.7. The summed E-state index contributed by atoms with van der Waals surface area (Å²) in [6.07, 6.45) is 1.40. The van der Waals surface area contributed by atoms with Gasteiger partial charge >= 0.3 is 22.4 Å². The van der Waals surface area contributed by atoms with E-state index in [4.69, 9.17) is 17.9 Å². The molecule has 1 aliphatic heterocycles. The number of urea groups is 1. The van der Waals surface area contributed by atoms with E-state index in [0.29, 0.717) is 6.42 Å². The Hall–Kier alpha value is -1.43. The van der Waals surface area contributed by atoms with E-state index < -0.39 is 40.0 Å². The first-order valence-electron chi connectivity index (χ1n) is 8.27. The summed E-state index contributed by atoms with van der Waals surface area (Å²) in [5.41, 5.74) is -1.67. The van der Waals surface area contributed by atoms with E-state index in [1.807, 2.05) is 6.92 Å². The van der Waals surface area contributed by atoms with Crippen molar-refractivity contribution in [1.82, 2.24) is 9.96 Å². The summed E-state index contributed by atoms with van der Waals surface area (Å²) in [5.74, 6) is -0.631. The van der Waals surface area contributed by atoms with Gasteiger partial charge in [-0.2, -0.15) is 13.5 Å². The van der Waals surface area contributed by atoms with Crippen molar-refractivity contribution >= 4 is 22.4 Å². The number of methoxy groups -OCH3 is 1. The summed E-state index contributed by atoms with van der Waals surface area (Å²) < 4.78 is 43.7. The second kappa shape index (κ2) is 7.29. The lowest BCUT2D eigenvalue weighted by molar-refractivity contribution is -0.157. The van der Waals surface area contributed by atoms with Gasteiger partial charge in [-0.05, 0) is 33.6 Å². The number of nitrogens with zero attached hydrogens (tertiary/aromatic N) is 2. The van der Waals surface area contributed by atoms with Crippen LogP contribution in [0.25, 0.3) is 0 Å². The zero-order chi connectivity index (χ0) is 19.8. The first-order chi connectivity index (χ1) is 11.9. The molecule has 1 heterocycles. The molecule has 0 bridgehead atoms. The lowest BCUT2D eigenvalue weighted by atomic mass is 9.74. The lowest BCUT2D eigenvalue weighted by Crippen LogP contribution is -2.56. The van der Waals surface area contributed by atoms with Crippen molar-refractivity contribution in [2.75, 3.05) is 34.0 Å². The molecule has 0 aromatic heterocycles. The van der Waals surface area contributed by atoms with Crippen LogP contribution in [-0.2, 0) is 33.1 Å². The highest BCUT2D eigenvalue weighted by atomic mass is 32.3. The predicted molar refractivity (Wildman–Crippen MR) is 89.0 cm³/mol. The summed E-state index contributed by atoms with van der Waals surface area (Å²) in [5, 5.41) is 0.836. The molecule has 0 unspecified atom stereocenters. The van der Waals surface area contributed by atoms with Crippen LogP contribution < -0.4 is 0 Å². The molecular weight excluding hydrogens is 368 g/mol. The third-order valence-corrected chi connectivity index (χ3v) is 5.73. The van der Waals surface area contributed by atoms with Crippen molar-refractivity contribution in [1.29, 1.82) is 0 Å². The van der Waals surface area contributed by atoms with Gasteiger partial charge in [0, 0.05) is 14.2 Å². The zero-order valence-corrected chi connectivity index (χ0v) is 16.5. The number of ether oxygens (including phenoxy) is 2. The Bertz CT molecular complexity index is 665. The van der Waals surface area contributed by atoms with E-state index in [1.54, 1.807) is 7.05 Å². The highest BCUT2D eigenvalue weighted by molar-refractivity contribution is 7.81. The Morgan fingerprint density at radius 3 is 2.50 bits per heavy atom. The van der Waals surface area contributed by atoms with Crippen LogP contribution in [0.1, 0.15) is 33.6 Å². The molecule has 0 spiro atoms. The van der Waals surface area contributed by atoms with Gasteiger partial charge in [0.2, 0.25) is 0 Å². The Morgan fingerprint density at radius 2 is 2.00 bits per heavy atom. The minimum absolute atomic E-state index is 0.0525. The summed E-state index contributed by atoms with van der Waals surface area (Å²) >= 11 is 0. The molecule has 1 saturated carbocycles. The Balaban J connectivity index is 1.93. The minimum atomic E-state index is -4.52. The van der Waals surface area contributed by atoms with E-state index in [1.165, 1.54) is 25.9 Å². The number of hydrogen-bond donors (Lipinski definition) is 0. The van der Waals surface area contributed by atoms with Gasteiger partial charge < -0.3 is 14.4 Å². The Kier molecular flexibility index (Phi) is 5.86. The number of hydroxylamine groups is 2. The molecule has 0 radical (unpaired) electrons. The number of amides is 2. The number of hydrogen-bond acceptors (Lipinski definition) is 8. The van der Waals surface area contributed by atoms with E-state index in [2.05, 4.69) is 0 Å². The van der Waals surface area contributed by atoms with E-state index >= 15 is 0 Å². The van der Waals surface area contributed by atoms with Crippen LogP contribution in [-0.4, -0.2) is 75.9 Å². The van der Waals surface area contributed by atoms with Crippen LogP contribution in [0.2, 0.25) is 0 Å². The van der Waals surface area contributed by atoms with E-state index in [-0.39, 0.29) is 19.3 Å². The third kappa shape index (κ3) is 3.95. The van der Waals surface area contributed by atoms with Crippen LogP contribution in [0.5, 0.6) is 0 Å². The summed E-state index contributed by atoms with van der Waals surface area (Å²) in [4.78, 5) is 25.7. The number of carbonyl (C=O) groups is 2. The minimum Gasteiger partial charge on any atom is -0.463 e. The number of likely N-dealkylation sites (N-methyl/N-ethyl adjacent to an activating group) is 1. The lowest BCUT2D eigenvalue weighted by Gasteiger charge is -2.44. The Labute approximate surface area is 153 Å². The monoisotopic (exact) mass is 394 g/mol. The third-order valence-electron chi connectivity index (χ3n) is 4.98. The highest BCUT2D eigenvalue weighted by Gasteiger charge is 2.60. The number of rotatable bonds is 9. The first kappa shape index (κ1) is 20.9. The van der Waals surface area contributed by atoms with Gasteiger partial charge in [0.1, 0.15) is 6.61 Å². The second-order valence-corrected chi connectivity index (χ2v) is 8.54. The van der Waals surface area contributed by atoms with Gasteiger partial charge in [-0.25, -0.2) is 8.98 Å². The molecule has 11 heteroatoms. The molecule has 10 nitrogen and oxygen atoms in total. The number of carbonyl (C=O) groups excluding carboxylic acids is 2. The topological polar surface area (TPSA) is 112 Å². The molecule has 0 N–H and O–H groups in total. The van der Waals surface area contributed by atoms with Gasteiger partial charge in [-0.1, -0.05) is 0 Å². The maximum atomic E-state index is 12.2. The van der Waals surface area contributed by atoms with Gasteiger partial charge in [-0.15, -0.1) is 4.28 Å². The number of fused-ring (bicyclic) bond motifs is 1. The van der Waals surface area contributed by atoms with Crippen molar-refractivity contribution in [3.05, 3.63) is 0 Å². The van der Waals surface area contributed by atoms with Crippen molar-refractivity contribution < 1.29 is 35.9 Å². The molecular formula is C15H26N2O8S. The standard InChI is InChI=1S/C15H26N2O8S/c1-14(2,12(18)23-9-8-22-5)10-24-26(20,21)25-17-11-6-7-15(11,3)16(4)13(17)19/h11H,6-10H2,1-5H3/t11-,15+/m1/s1. The predicted octanol–water partition coefficient (Wildman–Crippen LogP) is 0.684. The normalized spacial score (nSPS) is 25.9. The summed E-state index contributed by atoms with van der Waals surface area (Å²) in [6, 6.07) is -0.897. The fourth-order valence-electron chi connectivity index (χ4n) is 2.85. The molecule has 2 aliphatic rings. The van der Waals surface area contributed by atoms with Crippen molar-refractivity contribution in [3.8, 4) is 0 Å². The van der Waals surface area contributed by atoms with Gasteiger partial charge in [0.15, 0.2) is 0 Å². The summed E-state index contributed by atoms with van der Waals surface area (Å²) in [7, 11) is -1.45. The molecule has 0 aromatic carbocycles. The van der Waals surface area contributed by atoms with Gasteiger partial charge in [0.25, 0.3) is 0 Å². The van der Waals surface area contributed by atoms with Crippen molar-refractivity contribution in [2.24, 2.45) is 5.41 Å². The first-order valence-corrected chi connectivity index (χ1v) is 9.60. The molecule has 1 saturated heterocycles. The van der Waals surface area contributed by atoms with Crippen molar-refractivity contribution in [2.45, 2.75) is 45.2 Å². The molecule has 2 amide bonds. The van der Waals surface area contributed by atoms with Crippen LogP contribution in [0.15, 0.2) is 0 Å². The average Bonchev–Trinajstić information content (AvgIpc) is 2.66. The SMILES string of the molecule is COCCOC(=O)C(C)(C)COS(=O)(=O)ON1C(=O)N(C)[C@@]2(C)CC[C@@H]12. The fourth-order valence-corrected chi connectivity index (χ4v) is 3.69. The molecule has 2 fully saturated rings. The Morgan fingerprint density at radius 1 is 1.35 bits per heavy atom. The molecule has 150 valence electrons. The van der Waals surface area contributed by atoms with Crippen molar-refractivity contribution in [3.63, 3.8) is 0 Å². The fraction of sp³-hybridized carbons (Fsp3) is 0.867. The van der Waals surface area contributed by atoms with Gasteiger partial charge in [-0.3, -0.25) is 4.79 Å². The quantitative estimate of drug-likeness (QED) is 0.415. The molecule has 2 rings (SSSR count). The van der Waals surface area contributed by atoms with Crippen LogP contribution in [0.3, 0.4) is 0 Å². The number of esters is 1. The van der Waals surface area contributed by atoms with Crippen LogP contribution >= 0.6 is 0 Å². The smallest absolute Gasteiger partial charge is 0.421 e. The second-order valence-electron chi connectivity index (χ2n) is 7.34. The molecule has 0 aromatic rings. The summed E-state index contributed by atoms with van der Waals surface area (Å²) in [6.45, 7) is 4.63. The maximum Gasteiger partial charge on any atom is 0.421 e. The van der Waals surface area contributed by atoms with Gasteiger partial charge in [0.05, 0.1) is 30.2 Å². The van der Waals surface area contributed by atoms with E-state index in [9.17, 15) is 18.0 Å². The highest BCUT2D eigenvalue weighted by Crippen LogP contribution is 2.46. The maximum absolute atomic E-state index is 12.2. The average molecular weight is 394 g/mol. The van der Waals surface area contributed by atoms with Crippen LogP contribution in [0, 0.1) is 5.41 Å².